The Morgan fingerprint density at radius 1 is 1.42 bits per heavy atom. The molecule has 2 aliphatic heterocycles. The van der Waals surface area contributed by atoms with Crippen LogP contribution in [0.5, 0.6) is 0 Å². The van der Waals surface area contributed by atoms with Crippen LogP contribution in [0.3, 0.4) is 0 Å². The molecule has 0 spiro atoms. The molecule has 1 aromatic carbocycles. The van der Waals surface area contributed by atoms with Crippen molar-refractivity contribution in [1.29, 1.82) is 0 Å². The van der Waals surface area contributed by atoms with Gasteiger partial charge in [-0.2, -0.15) is 0 Å². The van der Waals surface area contributed by atoms with Crippen LogP contribution >= 0.6 is 27.7 Å². The zero-order valence-electron chi connectivity index (χ0n) is 14.5. The number of nitrogens with zero attached hydrogens (tertiary/aromatic N) is 2. The number of carbonyl (C=O) groups is 2. The van der Waals surface area contributed by atoms with Gasteiger partial charge in [0.1, 0.15) is 6.61 Å². The smallest absolute Gasteiger partial charge is 0.338 e. The molecule has 0 unspecified atom stereocenters. The number of fused-ring (bicyclic) bond motifs is 1. The van der Waals surface area contributed by atoms with E-state index in [1.807, 2.05) is 24.3 Å². The normalized spacial score (nSPS) is 20.0. The Labute approximate surface area is 164 Å². The lowest BCUT2D eigenvalue weighted by molar-refractivity contribution is -0.141. The number of carbonyl (C=O) groups excluding carboxylic acids is 2. The van der Waals surface area contributed by atoms with Gasteiger partial charge in [0.25, 0.3) is 0 Å². The van der Waals surface area contributed by atoms with Gasteiger partial charge in [0.05, 0.1) is 23.9 Å². The maximum Gasteiger partial charge on any atom is 0.338 e. The maximum absolute atomic E-state index is 12.8. The minimum absolute atomic E-state index is 0.0397. The van der Waals surface area contributed by atoms with E-state index in [0.717, 1.165) is 10.0 Å². The summed E-state index contributed by atoms with van der Waals surface area (Å²) in [5.74, 6) is 0.179. The molecule has 1 fully saturated rings. The molecule has 3 rings (SSSR count). The Morgan fingerprint density at radius 2 is 2.23 bits per heavy atom. The van der Waals surface area contributed by atoms with E-state index >= 15 is 0 Å². The number of amidine groups is 1. The first-order valence-corrected chi connectivity index (χ1v) is 9.96. The highest BCUT2D eigenvalue weighted by Crippen LogP contribution is 2.40. The number of rotatable bonds is 5. The van der Waals surface area contributed by atoms with Gasteiger partial charge in [0.15, 0.2) is 5.17 Å². The number of halogens is 1. The van der Waals surface area contributed by atoms with Crippen LogP contribution in [-0.4, -0.2) is 48.0 Å². The summed E-state index contributed by atoms with van der Waals surface area (Å²) in [6, 6.07) is 7.06. The number of allylic oxidation sites excluding steroid dienone is 1. The summed E-state index contributed by atoms with van der Waals surface area (Å²) < 4.78 is 11.2. The molecule has 8 heteroatoms. The van der Waals surface area contributed by atoms with Gasteiger partial charge in [0, 0.05) is 23.8 Å². The van der Waals surface area contributed by atoms with Gasteiger partial charge in [-0.25, -0.2) is 9.79 Å². The molecule has 26 heavy (non-hydrogen) atoms. The number of methoxy groups -OCH3 is 1. The van der Waals surface area contributed by atoms with E-state index in [1.165, 1.54) is 11.8 Å². The molecular weight excluding hydrogens is 420 g/mol. The lowest BCUT2D eigenvalue weighted by atomic mass is 9.94. The average Bonchev–Trinajstić information content (AvgIpc) is 2.61. The van der Waals surface area contributed by atoms with E-state index in [-0.39, 0.29) is 12.5 Å². The monoisotopic (exact) mass is 438 g/mol. The van der Waals surface area contributed by atoms with Gasteiger partial charge in [-0.15, -0.1) is 0 Å². The molecule has 0 aliphatic carbocycles. The molecule has 1 aromatic rings. The fourth-order valence-electron chi connectivity index (χ4n) is 2.94. The Kier molecular flexibility index (Phi) is 6.16. The van der Waals surface area contributed by atoms with Crippen LogP contribution < -0.4 is 0 Å². The molecular formula is C18H19BrN2O4S. The standard InChI is InChI=1S/C18H19BrN2O4S/c1-11-15(17(23)25-8-7-24-2)16(12-4-3-5-13(19)10-12)21-14(22)6-9-26-18(21)20-11/h3-5,10,16H,6-9H2,1-2H3/t16-/m0/s1. The third-order valence-electron chi connectivity index (χ3n) is 4.11. The van der Waals surface area contributed by atoms with Crippen LogP contribution in [0.4, 0.5) is 0 Å². The molecule has 6 nitrogen and oxygen atoms in total. The second-order valence-electron chi connectivity index (χ2n) is 5.84. The van der Waals surface area contributed by atoms with Gasteiger partial charge in [-0.05, 0) is 24.6 Å². The van der Waals surface area contributed by atoms with Crippen molar-refractivity contribution in [3.05, 3.63) is 45.6 Å². The predicted molar refractivity (Wildman–Crippen MR) is 104 cm³/mol. The highest BCUT2D eigenvalue weighted by atomic mass is 79.9. The van der Waals surface area contributed by atoms with Crippen molar-refractivity contribution in [2.24, 2.45) is 4.99 Å². The number of benzene rings is 1. The van der Waals surface area contributed by atoms with E-state index in [2.05, 4.69) is 20.9 Å². The number of thioether (sulfide) groups is 1. The van der Waals surface area contributed by atoms with Gasteiger partial charge >= 0.3 is 5.97 Å². The summed E-state index contributed by atoms with van der Waals surface area (Å²) in [6.07, 6.45) is 0.416. The Bertz CT molecular complexity index is 793. The second kappa shape index (κ2) is 8.37. The van der Waals surface area contributed by atoms with Gasteiger partial charge in [-0.3, -0.25) is 9.69 Å². The summed E-state index contributed by atoms with van der Waals surface area (Å²) in [6.45, 7) is 2.24. The Morgan fingerprint density at radius 3 is 2.96 bits per heavy atom. The van der Waals surface area contributed by atoms with E-state index < -0.39 is 12.0 Å². The van der Waals surface area contributed by atoms with Crippen molar-refractivity contribution in [3.8, 4) is 0 Å². The molecule has 2 heterocycles. The minimum Gasteiger partial charge on any atom is -0.460 e. The van der Waals surface area contributed by atoms with Crippen molar-refractivity contribution >= 4 is 44.7 Å². The van der Waals surface area contributed by atoms with Crippen LogP contribution in [0.25, 0.3) is 0 Å². The SMILES string of the molecule is COCCOC(=O)C1=C(C)N=C2SCCC(=O)N2[C@H]1c1cccc(Br)c1. The number of hydrogen-bond acceptors (Lipinski definition) is 6. The molecule has 0 radical (unpaired) electrons. The van der Waals surface area contributed by atoms with Crippen LogP contribution in [-0.2, 0) is 19.1 Å². The van der Waals surface area contributed by atoms with Crippen molar-refractivity contribution in [1.82, 2.24) is 4.90 Å². The van der Waals surface area contributed by atoms with E-state index in [9.17, 15) is 9.59 Å². The molecule has 138 valence electrons. The molecule has 0 bridgehead atoms. The average molecular weight is 439 g/mol. The number of esters is 1. The largest absolute Gasteiger partial charge is 0.460 e. The quantitative estimate of drug-likeness (QED) is 0.521. The number of aliphatic imine (C=N–C) groups is 1. The Balaban J connectivity index is 2.05. The van der Waals surface area contributed by atoms with Crippen molar-refractivity contribution in [2.45, 2.75) is 19.4 Å². The molecule has 1 saturated heterocycles. The lowest BCUT2D eigenvalue weighted by Gasteiger charge is -2.39. The van der Waals surface area contributed by atoms with E-state index in [4.69, 9.17) is 9.47 Å². The highest BCUT2D eigenvalue weighted by molar-refractivity contribution is 9.10. The van der Waals surface area contributed by atoms with Gasteiger partial charge < -0.3 is 9.47 Å². The first kappa shape index (κ1) is 19.1. The van der Waals surface area contributed by atoms with Gasteiger partial charge in [0.2, 0.25) is 5.91 Å². The molecule has 1 amide bonds. The molecule has 1 atom stereocenters. The van der Waals surface area contributed by atoms with E-state index in [1.54, 1.807) is 18.9 Å². The first-order chi connectivity index (χ1) is 12.5. The topological polar surface area (TPSA) is 68.2 Å². The van der Waals surface area contributed by atoms with Crippen LogP contribution in [0.15, 0.2) is 45.0 Å². The summed E-state index contributed by atoms with van der Waals surface area (Å²) >= 11 is 5.00. The zero-order chi connectivity index (χ0) is 18.7. The lowest BCUT2D eigenvalue weighted by Crippen LogP contribution is -2.45. The molecule has 0 N–H and O–H groups in total. The van der Waals surface area contributed by atoms with Crippen LogP contribution in [0.1, 0.15) is 24.9 Å². The summed E-state index contributed by atoms with van der Waals surface area (Å²) in [7, 11) is 1.55. The van der Waals surface area contributed by atoms with Crippen molar-refractivity contribution < 1.29 is 19.1 Å². The predicted octanol–water partition coefficient (Wildman–Crippen LogP) is 3.29. The van der Waals surface area contributed by atoms with Gasteiger partial charge in [-0.1, -0.05) is 39.8 Å². The fourth-order valence-corrected chi connectivity index (χ4v) is 4.37. The summed E-state index contributed by atoms with van der Waals surface area (Å²) in [5, 5.41) is 0.636. The maximum atomic E-state index is 12.8. The molecule has 0 saturated carbocycles. The third kappa shape index (κ3) is 3.87. The van der Waals surface area contributed by atoms with Crippen LogP contribution in [0, 0.1) is 0 Å². The van der Waals surface area contributed by atoms with E-state index in [0.29, 0.717) is 35.2 Å². The fraction of sp³-hybridized carbons (Fsp3) is 0.389. The molecule has 0 aromatic heterocycles. The first-order valence-electron chi connectivity index (χ1n) is 8.18. The van der Waals surface area contributed by atoms with Crippen LogP contribution in [0.2, 0.25) is 0 Å². The Hall–Kier alpha value is -1.64. The van der Waals surface area contributed by atoms with Crippen molar-refractivity contribution in [3.63, 3.8) is 0 Å². The summed E-state index contributed by atoms with van der Waals surface area (Å²) in [5.41, 5.74) is 1.80. The third-order valence-corrected chi connectivity index (χ3v) is 5.56. The highest BCUT2D eigenvalue weighted by Gasteiger charge is 2.41. The minimum atomic E-state index is -0.546. The summed E-state index contributed by atoms with van der Waals surface area (Å²) in [4.78, 5) is 31.6. The number of hydrogen-bond donors (Lipinski definition) is 0. The molecule has 2 aliphatic rings. The number of amides is 1. The van der Waals surface area contributed by atoms with Crippen molar-refractivity contribution in [2.75, 3.05) is 26.1 Å². The second-order valence-corrected chi connectivity index (χ2v) is 7.82. The zero-order valence-corrected chi connectivity index (χ0v) is 16.9. The number of ether oxygens (including phenoxy) is 2.